The van der Waals surface area contributed by atoms with E-state index in [0.29, 0.717) is 0 Å². The van der Waals surface area contributed by atoms with Crippen LogP contribution in [-0.2, 0) is 0 Å². The molecule has 2 aliphatic carbocycles. The summed E-state index contributed by atoms with van der Waals surface area (Å²) in [6, 6.07) is 0. The fourth-order valence-corrected chi connectivity index (χ4v) is 5.01. The Labute approximate surface area is 246 Å². The Hall–Kier alpha value is -3.48. The Morgan fingerprint density at radius 2 is 1.65 bits per heavy atom. The molecule has 0 radical (unpaired) electrons. The van der Waals surface area contributed by atoms with E-state index in [9.17, 15) is 0 Å². The number of rotatable bonds is 6. The molecule has 0 fully saturated rings. The Kier molecular flexibility index (Phi) is 12.6. The molecule has 0 aromatic carbocycles. The lowest BCUT2D eigenvalue weighted by atomic mass is 9.73. The second-order valence-electron chi connectivity index (χ2n) is 12.6. The predicted octanol–water partition coefficient (Wildman–Crippen LogP) is 11.3. The first-order chi connectivity index (χ1) is 18.8. The van der Waals surface area contributed by atoms with Gasteiger partial charge in [0.1, 0.15) is 0 Å². The molecule has 40 heavy (non-hydrogen) atoms. The van der Waals surface area contributed by atoms with E-state index in [2.05, 4.69) is 154 Å². The van der Waals surface area contributed by atoms with Gasteiger partial charge in [-0.15, -0.1) is 0 Å². The average molecular weight is 531 g/mol. The monoisotopic (exact) mass is 530 g/mol. The van der Waals surface area contributed by atoms with Crippen LogP contribution in [0.25, 0.3) is 0 Å². The second kappa shape index (κ2) is 15.3. The van der Waals surface area contributed by atoms with Gasteiger partial charge < -0.3 is 0 Å². The fourth-order valence-electron chi connectivity index (χ4n) is 5.01. The van der Waals surface area contributed by atoms with Gasteiger partial charge in [0.25, 0.3) is 0 Å². The van der Waals surface area contributed by atoms with Crippen molar-refractivity contribution in [3.63, 3.8) is 0 Å². The summed E-state index contributed by atoms with van der Waals surface area (Å²) in [5.74, 6) is 12.9. The minimum absolute atomic E-state index is 0.195. The molecule has 0 nitrogen and oxygen atoms in total. The minimum atomic E-state index is 0.195. The van der Waals surface area contributed by atoms with Gasteiger partial charge in [0, 0.05) is 6.42 Å². The summed E-state index contributed by atoms with van der Waals surface area (Å²) < 4.78 is 0. The number of hydrogen-bond acceptors (Lipinski definition) is 0. The summed E-state index contributed by atoms with van der Waals surface area (Å²) in [7, 11) is 0. The van der Waals surface area contributed by atoms with E-state index >= 15 is 0 Å². The summed E-state index contributed by atoms with van der Waals surface area (Å²) in [5, 5.41) is 0. The van der Waals surface area contributed by atoms with Gasteiger partial charge in [-0.2, -0.15) is 0 Å². The number of allylic oxidation sites excluding steroid dienone is 20. The SMILES string of the molecule is CC1=CCCC(C)(C)/C1=C/C=C(\C)C#C/C=C(\C)CC#C/C=C(C)/C=C/C=C(C)/C=C/C1=C(C)C=CCC1(C)C. The zero-order chi connectivity index (χ0) is 29.8. The molecule has 0 aromatic heterocycles. The molecule has 0 atom stereocenters. The Bertz CT molecular complexity index is 1370. The molecular weight excluding hydrogens is 480 g/mol. The van der Waals surface area contributed by atoms with Gasteiger partial charge in [0.15, 0.2) is 0 Å². The maximum absolute atomic E-state index is 3.26. The molecule has 0 spiro atoms. The normalized spacial score (nSPS) is 20.9. The Morgan fingerprint density at radius 3 is 2.35 bits per heavy atom. The van der Waals surface area contributed by atoms with Crippen molar-refractivity contribution in [3.8, 4) is 23.7 Å². The van der Waals surface area contributed by atoms with E-state index in [1.165, 1.54) is 46.3 Å². The first-order valence-electron chi connectivity index (χ1n) is 14.6. The Morgan fingerprint density at radius 1 is 0.900 bits per heavy atom. The summed E-state index contributed by atoms with van der Waals surface area (Å²) in [6.45, 7) is 22.1. The van der Waals surface area contributed by atoms with Gasteiger partial charge in [0.2, 0.25) is 0 Å². The van der Waals surface area contributed by atoms with E-state index in [0.717, 1.165) is 24.0 Å². The molecule has 0 amide bonds. The van der Waals surface area contributed by atoms with Crippen molar-refractivity contribution >= 4 is 0 Å². The van der Waals surface area contributed by atoms with Crippen molar-refractivity contribution in [2.45, 2.75) is 94.9 Å². The third kappa shape index (κ3) is 10.9. The molecule has 210 valence electrons. The van der Waals surface area contributed by atoms with Gasteiger partial charge >= 0.3 is 0 Å². The van der Waals surface area contributed by atoms with Crippen LogP contribution >= 0.6 is 0 Å². The molecule has 0 heterocycles. The quantitative estimate of drug-likeness (QED) is 0.237. The van der Waals surface area contributed by atoms with Crippen molar-refractivity contribution in [2.24, 2.45) is 10.8 Å². The van der Waals surface area contributed by atoms with Gasteiger partial charge in [-0.1, -0.05) is 129 Å². The van der Waals surface area contributed by atoms with Crippen LogP contribution in [0.1, 0.15) is 94.9 Å². The molecule has 0 aliphatic heterocycles. The molecule has 2 rings (SSSR count). The summed E-state index contributed by atoms with van der Waals surface area (Å²) >= 11 is 0. The maximum Gasteiger partial charge on any atom is 0.0309 e. The van der Waals surface area contributed by atoms with E-state index in [1.807, 2.05) is 12.2 Å². The third-order valence-corrected chi connectivity index (χ3v) is 7.61. The van der Waals surface area contributed by atoms with Crippen LogP contribution in [-0.4, -0.2) is 0 Å². The molecule has 0 heteroatoms. The standard InChI is InChI=1S/C40H50/c1-31(19-13-21-33(3)25-27-37-35(5)23-15-29-39(37,7)8)17-11-12-18-32(2)20-14-22-34(4)26-28-38-36(6)24-16-30-40(38,9)10/h13,15,17,19-21,23-28H,16,18,29-30H2,1-10H3/b19-13+,27-25+,31-17+,32-20+,33-21+,34-26+,38-28+. The van der Waals surface area contributed by atoms with Crippen LogP contribution in [0.3, 0.4) is 0 Å². The minimum Gasteiger partial charge on any atom is -0.0941 e. The van der Waals surface area contributed by atoms with Crippen LogP contribution < -0.4 is 0 Å². The van der Waals surface area contributed by atoms with Gasteiger partial charge in [0.05, 0.1) is 0 Å². The Balaban J connectivity index is 1.91. The van der Waals surface area contributed by atoms with E-state index in [1.54, 1.807) is 0 Å². The van der Waals surface area contributed by atoms with Crippen molar-refractivity contribution < 1.29 is 0 Å². The van der Waals surface area contributed by atoms with E-state index in [-0.39, 0.29) is 10.8 Å². The molecule has 0 saturated carbocycles. The molecular formula is C40H50. The van der Waals surface area contributed by atoms with Crippen LogP contribution in [0.5, 0.6) is 0 Å². The average Bonchev–Trinajstić information content (AvgIpc) is 2.85. The lowest BCUT2D eigenvalue weighted by Crippen LogP contribution is -2.18. The van der Waals surface area contributed by atoms with Crippen LogP contribution in [0.15, 0.2) is 117 Å². The largest absolute Gasteiger partial charge is 0.0941 e. The fraction of sp³-hybridized carbons (Fsp3) is 0.400. The zero-order valence-corrected chi connectivity index (χ0v) is 26.8. The zero-order valence-electron chi connectivity index (χ0n) is 26.8. The van der Waals surface area contributed by atoms with Crippen LogP contribution in [0, 0.1) is 34.5 Å². The molecule has 0 N–H and O–H groups in total. The van der Waals surface area contributed by atoms with Gasteiger partial charge in [-0.25, -0.2) is 0 Å². The summed E-state index contributed by atoms with van der Waals surface area (Å²) in [4.78, 5) is 0. The molecule has 2 aliphatic rings. The molecule has 0 aromatic rings. The summed E-state index contributed by atoms with van der Waals surface area (Å²) in [6.07, 6.45) is 30.2. The molecule has 0 unspecified atom stereocenters. The molecule has 0 bridgehead atoms. The lowest BCUT2D eigenvalue weighted by Gasteiger charge is -2.32. The van der Waals surface area contributed by atoms with Crippen molar-refractivity contribution in [3.05, 3.63) is 117 Å². The highest BCUT2D eigenvalue weighted by Crippen LogP contribution is 2.40. The van der Waals surface area contributed by atoms with Crippen LogP contribution in [0.2, 0.25) is 0 Å². The molecule has 0 saturated heterocycles. The number of hydrogen-bond donors (Lipinski definition) is 0. The predicted molar refractivity (Wildman–Crippen MR) is 179 cm³/mol. The van der Waals surface area contributed by atoms with E-state index in [4.69, 9.17) is 0 Å². The highest BCUT2D eigenvalue weighted by Gasteiger charge is 2.26. The lowest BCUT2D eigenvalue weighted by molar-refractivity contribution is 0.404. The van der Waals surface area contributed by atoms with E-state index < -0.39 is 0 Å². The maximum atomic E-state index is 3.26. The summed E-state index contributed by atoms with van der Waals surface area (Å²) in [5.41, 5.74) is 10.6. The second-order valence-corrected chi connectivity index (χ2v) is 12.6. The van der Waals surface area contributed by atoms with Crippen molar-refractivity contribution in [1.29, 1.82) is 0 Å². The van der Waals surface area contributed by atoms with Gasteiger partial charge in [-0.05, 0) is 112 Å². The topological polar surface area (TPSA) is 0 Å². The smallest absolute Gasteiger partial charge is 0.0309 e. The highest BCUT2D eigenvalue weighted by molar-refractivity contribution is 5.44. The first kappa shape index (κ1) is 32.7. The highest BCUT2D eigenvalue weighted by atomic mass is 14.3. The first-order valence-corrected chi connectivity index (χ1v) is 14.6. The van der Waals surface area contributed by atoms with Crippen molar-refractivity contribution in [1.82, 2.24) is 0 Å². The van der Waals surface area contributed by atoms with Gasteiger partial charge in [-0.3, -0.25) is 0 Å². The third-order valence-electron chi connectivity index (χ3n) is 7.61. The van der Waals surface area contributed by atoms with Crippen LogP contribution in [0.4, 0.5) is 0 Å². The van der Waals surface area contributed by atoms with Crippen molar-refractivity contribution in [2.75, 3.05) is 0 Å².